The van der Waals surface area contributed by atoms with E-state index in [4.69, 9.17) is 11.6 Å². The van der Waals surface area contributed by atoms with Crippen molar-refractivity contribution < 1.29 is 19.1 Å². The number of rotatable bonds is 6. The van der Waals surface area contributed by atoms with Crippen molar-refractivity contribution >= 4 is 41.1 Å². The van der Waals surface area contributed by atoms with E-state index in [0.717, 1.165) is 0 Å². The second-order valence-electron chi connectivity index (χ2n) is 6.71. The Morgan fingerprint density at radius 3 is 2.73 bits per heavy atom. The van der Waals surface area contributed by atoms with Crippen molar-refractivity contribution in [1.82, 2.24) is 4.90 Å². The molecule has 2 aromatic rings. The van der Waals surface area contributed by atoms with Gasteiger partial charge in [0.05, 0.1) is 16.4 Å². The summed E-state index contributed by atoms with van der Waals surface area (Å²) in [4.78, 5) is 26.8. The molecule has 1 aliphatic rings. The van der Waals surface area contributed by atoms with Crippen LogP contribution in [0.15, 0.2) is 41.5 Å². The van der Waals surface area contributed by atoms with Gasteiger partial charge in [-0.15, -0.1) is 0 Å². The van der Waals surface area contributed by atoms with E-state index in [2.05, 4.69) is 5.10 Å². The van der Waals surface area contributed by atoms with Crippen molar-refractivity contribution in [3.05, 3.63) is 58.4 Å². The highest BCUT2D eigenvalue weighted by molar-refractivity contribution is 6.34. The number of nitrogens with zero attached hydrogens (tertiary/aromatic N) is 4. The molecule has 7 nitrogen and oxygen atoms in total. The van der Waals surface area contributed by atoms with Crippen molar-refractivity contribution in [2.24, 2.45) is 5.10 Å². The molecule has 0 atom stereocenters. The van der Waals surface area contributed by atoms with Gasteiger partial charge in [-0.05, 0) is 43.2 Å². The van der Waals surface area contributed by atoms with Gasteiger partial charge in [0.2, 0.25) is 6.41 Å². The number of halogens is 2. The molecule has 0 aliphatic carbocycles. The van der Waals surface area contributed by atoms with Crippen LogP contribution in [0.25, 0.3) is 0 Å². The lowest BCUT2D eigenvalue weighted by Gasteiger charge is -2.30. The highest BCUT2D eigenvalue weighted by Crippen LogP contribution is 2.32. The van der Waals surface area contributed by atoms with E-state index in [-0.39, 0.29) is 23.0 Å². The second-order valence-corrected chi connectivity index (χ2v) is 7.12. The first kappa shape index (κ1) is 21.7. The van der Waals surface area contributed by atoms with Crippen molar-refractivity contribution in [3.63, 3.8) is 0 Å². The standard InChI is InChI=1S/C21H22ClFN4O3/c1-3-26(13-29)20(12-28)24-25(2)19-10-14-8-9-27(18-7-5-4-6-16(18)22)21(30)15(14)11-17(19)23/h4-7,10-11,13,28H,3,8-9,12H2,1-2H3/b24-20-. The number of aliphatic hydroxyl groups is 1. The van der Waals surface area contributed by atoms with Gasteiger partial charge in [0.25, 0.3) is 5.91 Å². The minimum absolute atomic E-state index is 0.0908. The normalized spacial score (nSPS) is 13.8. The molecule has 0 spiro atoms. The van der Waals surface area contributed by atoms with Crippen molar-refractivity contribution in [3.8, 4) is 0 Å². The molecule has 30 heavy (non-hydrogen) atoms. The Bertz CT molecular complexity index is 998. The molecule has 0 bridgehead atoms. The maximum atomic E-state index is 14.9. The molecule has 0 unspecified atom stereocenters. The summed E-state index contributed by atoms with van der Waals surface area (Å²) in [7, 11) is 1.51. The van der Waals surface area contributed by atoms with Crippen LogP contribution < -0.4 is 9.91 Å². The van der Waals surface area contributed by atoms with Gasteiger partial charge in [-0.25, -0.2) is 4.39 Å². The molecule has 1 N–H and O–H groups in total. The summed E-state index contributed by atoms with van der Waals surface area (Å²) < 4.78 is 14.9. The molecule has 0 radical (unpaired) electrons. The quantitative estimate of drug-likeness (QED) is 0.329. The van der Waals surface area contributed by atoms with E-state index < -0.39 is 12.4 Å². The van der Waals surface area contributed by atoms with Crippen molar-refractivity contribution in [1.29, 1.82) is 0 Å². The number of hydrazone groups is 1. The zero-order valence-electron chi connectivity index (χ0n) is 16.7. The van der Waals surface area contributed by atoms with Crippen molar-refractivity contribution in [2.75, 3.05) is 36.7 Å². The van der Waals surface area contributed by atoms with E-state index >= 15 is 0 Å². The van der Waals surface area contributed by atoms with Crippen LogP contribution in [-0.4, -0.2) is 54.9 Å². The molecule has 158 valence electrons. The van der Waals surface area contributed by atoms with Gasteiger partial charge in [0.15, 0.2) is 5.84 Å². The molecule has 0 fully saturated rings. The Hall–Kier alpha value is -2.97. The van der Waals surface area contributed by atoms with Gasteiger partial charge < -0.3 is 10.0 Å². The van der Waals surface area contributed by atoms with Gasteiger partial charge in [-0.3, -0.25) is 19.5 Å². The maximum absolute atomic E-state index is 14.9. The molecule has 2 amide bonds. The summed E-state index contributed by atoms with van der Waals surface area (Å²) in [5.41, 5.74) is 1.68. The van der Waals surface area contributed by atoms with Crippen LogP contribution in [0.5, 0.6) is 0 Å². The van der Waals surface area contributed by atoms with E-state index in [1.807, 2.05) is 0 Å². The molecule has 0 saturated heterocycles. The van der Waals surface area contributed by atoms with Gasteiger partial charge in [0, 0.05) is 25.7 Å². The number of hydrogen-bond donors (Lipinski definition) is 1. The Kier molecular flexibility index (Phi) is 6.69. The van der Waals surface area contributed by atoms with E-state index in [1.54, 1.807) is 42.2 Å². The number of hydrogen-bond acceptors (Lipinski definition) is 5. The number of amides is 2. The lowest BCUT2D eigenvalue weighted by molar-refractivity contribution is -0.114. The summed E-state index contributed by atoms with van der Waals surface area (Å²) >= 11 is 6.22. The Morgan fingerprint density at radius 1 is 1.37 bits per heavy atom. The Morgan fingerprint density at radius 2 is 2.10 bits per heavy atom. The lowest BCUT2D eigenvalue weighted by atomic mass is 9.97. The first-order valence-electron chi connectivity index (χ1n) is 9.44. The third-order valence-electron chi connectivity index (χ3n) is 4.95. The second kappa shape index (κ2) is 9.23. The molecule has 3 rings (SSSR count). The number of para-hydroxylation sites is 1. The third-order valence-corrected chi connectivity index (χ3v) is 5.27. The monoisotopic (exact) mass is 432 g/mol. The number of fused-ring (bicyclic) bond motifs is 1. The number of likely N-dealkylation sites (N-methyl/N-ethyl adjacent to an activating group) is 1. The molecule has 9 heteroatoms. The summed E-state index contributed by atoms with van der Waals surface area (Å²) in [6.45, 7) is 1.98. The summed E-state index contributed by atoms with van der Waals surface area (Å²) in [5.74, 6) is -0.871. The SMILES string of the molecule is CCN(C=O)/C(CO)=N\N(C)c1cc2c(cc1F)C(=O)N(c1ccccc1Cl)CC2. The van der Waals surface area contributed by atoms with Crippen LogP contribution in [0.2, 0.25) is 5.02 Å². The van der Waals surface area contributed by atoms with Crippen molar-refractivity contribution in [2.45, 2.75) is 13.3 Å². The molecule has 0 saturated carbocycles. The van der Waals surface area contributed by atoms with Crippen LogP contribution in [0.1, 0.15) is 22.8 Å². The smallest absolute Gasteiger partial charge is 0.258 e. The minimum atomic E-state index is -0.638. The van der Waals surface area contributed by atoms with Crippen LogP contribution in [0, 0.1) is 5.82 Å². The number of benzene rings is 2. The molecule has 1 aliphatic heterocycles. The first-order chi connectivity index (χ1) is 14.4. The van der Waals surface area contributed by atoms with E-state index in [0.29, 0.717) is 42.2 Å². The predicted octanol–water partition coefficient (Wildman–Crippen LogP) is 2.90. The molecular formula is C21H22ClFN4O3. The summed E-state index contributed by atoms with van der Waals surface area (Å²) in [5, 5.41) is 15.3. The van der Waals surface area contributed by atoms with Gasteiger partial charge in [-0.2, -0.15) is 5.10 Å². The zero-order chi connectivity index (χ0) is 21.8. The molecule has 1 heterocycles. The Balaban J connectivity index is 1.94. The number of aliphatic hydroxyl groups excluding tert-OH is 1. The minimum Gasteiger partial charge on any atom is -0.388 e. The maximum Gasteiger partial charge on any atom is 0.258 e. The number of amidine groups is 1. The average Bonchev–Trinajstić information content (AvgIpc) is 2.74. The molecule has 0 aromatic heterocycles. The number of carbonyl (C=O) groups excluding carboxylic acids is 2. The largest absolute Gasteiger partial charge is 0.388 e. The fourth-order valence-corrected chi connectivity index (χ4v) is 3.60. The van der Waals surface area contributed by atoms with E-state index in [1.165, 1.54) is 23.0 Å². The van der Waals surface area contributed by atoms with Gasteiger partial charge >= 0.3 is 0 Å². The zero-order valence-corrected chi connectivity index (χ0v) is 17.4. The fraction of sp³-hybridized carbons (Fsp3) is 0.286. The fourth-order valence-electron chi connectivity index (χ4n) is 3.36. The van der Waals surface area contributed by atoms with Crippen LogP contribution in [0.3, 0.4) is 0 Å². The molecular weight excluding hydrogens is 411 g/mol. The van der Waals surface area contributed by atoms with Crippen LogP contribution in [0.4, 0.5) is 15.8 Å². The highest BCUT2D eigenvalue weighted by atomic mass is 35.5. The van der Waals surface area contributed by atoms with Gasteiger partial charge in [-0.1, -0.05) is 23.7 Å². The molecule has 2 aromatic carbocycles. The summed E-state index contributed by atoms with van der Waals surface area (Å²) in [6.07, 6.45) is 1.06. The third kappa shape index (κ3) is 4.15. The van der Waals surface area contributed by atoms with Gasteiger partial charge in [0.1, 0.15) is 12.4 Å². The predicted molar refractivity (Wildman–Crippen MR) is 115 cm³/mol. The summed E-state index contributed by atoms with van der Waals surface area (Å²) in [6, 6.07) is 9.79. The van der Waals surface area contributed by atoms with Crippen LogP contribution in [-0.2, 0) is 11.2 Å². The first-order valence-corrected chi connectivity index (χ1v) is 9.81. The average molecular weight is 433 g/mol. The lowest BCUT2D eigenvalue weighted by Crippen LogP contribution is -2.38. The van der Waals surface area contributed by atoms with E-state index in [9.17, 15) is 19.1 Å². The topological polar surface area (TPSA) is 76.5 Å². The Labute approximate surface area is 178 Å². The highest BCUT2D eigenvalue weighted by Gasteiger charge is 2.28. The number of anilines is 2. The van der Waals surface area contributed by atoms with Crippen LogP contribution >= 0.6 is 11.6 Å². The number of carbonyl (C=O) groups is 2.